The van der Waals surface area contributed by atoms with Crippen LogP contribution in [-0.2, 0) is 14.3 Å². The molecule has 0 aliphatic rings. The fourth-order valence-corrected chi connectivity index (χ4v) is 1.74. The van der Waals surface area contributed by atoms with E-state index in [0.29, 0.717) is 25.3 Å². The molecule has 0 aliphatic heterocycles. The molecule has 0 saturated carbocycles. The minimum absolute atomic E-state index is 0.135. The summed E-state index contributed by atoms with van der Waals surface area (Å²) in [7, 11) is 1.58. The predicted molar refractivity (Wildman–Crippen MR) is 80.2 cm³/mol. The zero-order chi connectivity index (χ0) is 15.8. The van der Waals surface area contributed by atoms with Crippen molar-refractivity contribution in [1.29, 1.82) is 0 Å². The summed E-state index contributed by atoms with van der Waals surface area (Å²) in [6.45, 7) is 2.49. The second-order valence-corrected chi connectivity index (χ2v) is 4.83. The molecule has 1 unspecified atom stereocenters. The summed E-state index contributed by atoms with van der Waals surface area (Å²) >= 11 is 5.90. The Balaban J connectivity index is 2.53. The lowest BCUT2D eigenvalue weighted by Gasteiger charge is -2.14. The molecule has 1 aromatic carbocycles. The van der Waals surface area contributed by atoms with E-state index < -0.39 is 12.1 Å². The number of hydrogen-bond donors (Lipinski definition) is 2. The average molecular weight is 315 g/mol. The monoisotopic (exact) mass is 314 g/mol. The molecule has 3 N–H and O–H groups in total. The van der Waals surface area contributed by atoms with Crippen molar-refractivity contribution in [3.05, 3.63) is 28.8 Å². The van der Waals surface area contributed by atoms with Crippen LogP contribution < -0.4 is 11.1 Å². The largest absolute Gasteiger partial charge is 0.449 e. The number of nitrogens with two attached hydrogens (primary N) is 1. The Kier molecular flexibility index (Phi) is 6.98. The maximum absolute atomic E-state index is 11.9. The van der Waals surface area contributed by atoms with Gasteiger partial charge in [0, 0.05) is 25.9 Å². The molecule has 0 aliphatic carbocycles. The molecule has 0 saturated heterocycles. The smallest absolute Gasteiger partial charge is 0.340 e. The molecule has 0 heterocycles. The third kappa shape index (κ3) is 5.61. The Bertz CT molecular complexity index is 508. The van der Waals surface area contributed by atoms with Crippen molar-refractivity contribution in [2.24, 2.45) is 0 Å². The molecule has 1 atom stereocenters. The highest BCUT2D eigenvalue weighted by Gasteiger charge is 2.20. The van der Waals surface area contributed by atoms with E-state index >= 15 is 0 Å². The maximum Gasteiger partial charge on any atom is 0.340 e. The van der Waals surface area contributed by atoms with Crippen LogP contribution in [0, 0.1) is 0 Å². The number of halogens is 1. The standard InChI is InChI=1S/C14H19ClN2O4/c1-9(13(18)17-6-3-7-20-2)21-14(19)11-8-10(16)4-5-12(11)15/h4-5,8-9H,3,6-7,16H2,1-2H3,(H,17,18). The van der Waals surface area contributed by atoms with Crippen LogP contribution in [-0.4, -0.2) is 38.2 Å². The van der Waals surface area contributed by atoms with E-state index in [9.17, 15) is 9.59 Å². The van der Waals surface area contributed by atoms with Crippen LogP contribution in [0.4, 0.5) is 5.69 Å². The summed E-state index contributed by atoms with van der Waals surface area (Å²) in [4.78, 5) is 23.7. The van der Waals surface area contributed by atoms with E-state index in [-0.39, 0.29) is 16.5 Å². The number of nitrogens with one attached hydrogen (secondary N) is 1. The van der Waals surface area contributed by atoms with Gasteiger partial charge in [-0.15, -0.1) is 0 Å². The first kappa shape index (κ1) is 17.3. The van der Waals surface area contributed by atoms with E-state index in [4.69, 9.17) is 26.8 Å². The van der Waals surface area contributed by atoms with Crippen LogP contribution in [0.5, 0.6) is 0 Å². The van der Waals surface area contributed by atoms with Gasteiger partial charge in [0.2, 0.25) is 0 Å². The van der Waals surface area contributed by atoms with Crippen molar-refractivity contribution in [3.8, 4) is 0 Å². The van der Waals surface area contributed by atoms with Gasteiger partial charge >= 0.3 is 5.97 Å². The van der Waals surface area contributed by atoms with Crippen LogP contribution in [0.25, 0.3) is 0 Å². The number of carbonyl (C=O) groups excluding carboxylic acids is 2. The van der Waals surface area contributed by atoms with Crippen molar-refractivity contribution >= 4 is 29.2 Å². The van der Waals surface area contributed by atoms with Gasteiger partial charge in [-0.25, -0.2) is 4.79 Å². The fraction of sp³-hybridized carbons (Fsp3) is 0.429. The van der Waals surface area contributed by atoms with Gasteiger partial charge in [-0.05, 0) is 31.5 Å². The molecule has 0 aromatic heterocycles. The highest BCUT2D eigenvalue weighted by atomic mass is 35.5. The van der Waals surface area contributed by atoms with E-state index in [2.05, 4.69) is 5.32 Å². The fourth-order valence-electron chi connectivity index (χ4n) is 1.55. The summed E-state index contributed by atoms with van der Waals surface area (Å²) < 4.78 is 9.94. The van der Waals surface area contributed by atoms with Gasteiger partial charge in [-0.3, -0.25) is 4.79 Å². The van der Waals surface area contributed by atoms with E-state index in [1.165, 1.54) is 19.1 Å². The number of rotatable bonds is 7. The van der Waals surface area contributed by atoms with Gasteiger partial charge in [0.25, 0.3) is 5.91 Å². The predicted octanol–water partition coefficient (Wildman–Crippen LogP) is 1.62. The summed E-state index contributed by atoms with van der Waals surface area (Å²) in [5, 5.41) is 2.87. The summed E-state index contributed by atoms with van der Waals surface area (Å²) in [6.07, 6.45) is -0.234. The molecular weight excluding hydrogens is 296 g/mol. The summed E-state index contributed by atoms with van der Waals surface area (Å²) in [6, 6.07) is 4.49. The topological polar surface area (TPSA) is 90.6 Å². The lowest BCUT2D eigenvalue weighted by molar-refractivity contribution is -0.129. The number of hydrogen-bond acceptors (Lipinski definition) is 5. The number of nitrogen functional groups attached to an aromatic ring is 1. The van der Waals surface area contributed by atoms with Crippen molar-refractivity contribution in [3.63, 3.8) is 0 Å². The Hall–Kier alpha value is -1.79. The van der Waals surface area contributed by atoms with Gasteiger partial charge in [0.05, 0.1) is 10.6 Å². The Labute approximate surface area is 128 Å². The quantitative estimate of drug-likeness (QED) is 0.453. The van der Waals surface area contributed by atoms with Crippen LogP contribution in [0.3, 0.4) is 0 Å². The second-order valence-electron chi connectivity index (χ2n) is 4.42. The van der Waals surface area contributed by atoms with Gasteiger partial charge in [0.15, 0.2) is 6.10 Å². The number of methoxy groups -OCH3 is 1. The maximum atomic E-state index is 11.9. The number of carbonyl (C=O) groups is 2. The average Bonchev–Trinajstić information content (AvgIpc) is 2.45. The molecule has 0 bridgehead atoms. The van der Waals surface area contributed by atoms with Crippen LogP contribution >= 0.6 is 11.6 Å². The zero-order valence-corrected chi connectivity index (χ0v) is 12.8. The first-order valence-corrected chi connectivity index (χ1v) is 6.86. The molecule has 0 fully saturated rings. The molecule has 1 rings (SSSR count). The first-order chi connectivity index (χ1) is 9.95. The molecule has 116 valence electrons. The number of amides is 1. The minimum Gasteiger partial charge on any atom is -0.449 e. The lowest BCUT2D eigenvalue weighted by Crippen LogP contribution is -2.36. The van der Waals surface area contributed by atoms with Crippen LogP contribution in [0.15, 0.2) is 18.2 Å². The van der Waals surface area contributed by atoms with Gasteiger partial charge in [-0.1, -0.05) is 11.6 Å². The van der Waals surface area contributed by atoms with Crippen molar-refractivity contribution < 1.29 is 19.1 Å². The molecule has 0 spiro atoms. The summed E-state index contributed by atoms with van der Waals surface area (Å²) in [5.74, 6) is -1.06. The third-order valence-electron chi connectivity index (χ3n) is 2.69. The van der Waals surface area contributed by atoms with E-state index in [1.807, 2.05) is 0 Å². The number of benzene rings is 1. The Morgan fingerprint density at radius 1 is 1.43 bits per heavy atom. The SMILES string of the molecule is COCCCNC(=O)C(C)OC(=O)c1cc(N)ccc1Cl. The number of esters is 1. The molecule has 6 nitrogen and oxygen atoms in total. The minimum atomic E-state index is -0.919. The van der Waals surface area contributed by atoms with E-state index in [0.717, 1.165) is 0 Å². The molecule has 1 aromatic rings. The highest BCUT2D eigenvalue weighted by Crippen LogP contribution is 2.20. The van der Waals surface area contributed by atoms with Gasteiger partial charge in [0.1, 0.15) is 0 Å². The second kappa shape index (κ2) is 8.49. The Morgan fingerprint density at radius 2 is 2.14 bits per heavy atom. The zero-order valence-electron chi connectivity index (χ0n) is 12.0. The van der Waals surface area contributed by atoms with Gasteiger partial charge in [-0.2, -0.15) is 0 Å². The van der Waals surface area contributed by atoms with Crippen molar-refractivity contribution in [2.45, 2.75) is 19.4 Å². The Morgan fingerprint density at radius 3 is 2.81 bits per heavy atom. The lowest BCUT2D eigenvalue weighted by atomic mass is 10.2. The van der Waals surface area contributed by atoms with Crippen molar-refractivity contribution in [1.82, 2.24) is 5.32 Å². The molecule has 1 amide bonds. The molecule has 21 heavy (non-hydrogen) atoms. The first-order valence-electron chi connectivity index (χ1n) is 6.48. The number of anilines is 1. The normalized spacial score (nSPS) is 11.8. The third-order valence-corrected chi connectivity index (χ3v) is 3.02. The van der Waals surface area contributed by atoms with Crippen molar-refractivity contribution in [2.75, 3.05) is 26.0 Å². The summed E-state index contributed by atoms with van der Waals surface area (Å²) in [5.41, 5.74) is 6.12. The highest BCUT2D eigenvalue weighted by molar-refractivity contribution is 6.33. The molecular formula is C14H19ClN2O4. The molecule has 0 radical (unpaired) electrons. The van der Waals surface area contributed by atoms with Gasteiger partial charge < -0.3 is 20.5 Å². The molecule has 7 heteroatoms. The van der Waals surface area contributed by atoms with Crippen LogP contribution in [0.1, 0.15) is 23.7 Å². The number of ether oxygens (including phenoxy) is 2. The van der Waals surface area contributed by atoms with E-state index in [1.54, 1.807) is 13.2 Å². The van der Waals surface area contributed by atoms with Crippen LogP contribution in [0.2, 0.25) is 5.02 Å².